The lowest BCUT2D eigenvalue weighted by molar-refractivity contribution is -0.116. The summed E-state index contributed by atoms with van der Waals surface area (Å²) in [6.07, 6.45) is 1.36. The summed E-state index contributed by atoms with van der Waals surface area (Å²) in [5.74, 6) is -0.604. The zero-order valence-corrected chi connectivity index (χ0v) is 16.4. The molecule has 9 nitrogen and oxygen atoms in total. The lowest BCUT2D eigenvalue weighted by Gasteiger charge is -2.23. The first kappa shape index (κ1) is 19.8. The van der Waals surface area contributed by atoms with Crippen LogP contribution in [0.2, 0.25) is 10.0 Å². The van der Waals surface area contributed by atoms with Gasteiger partial charge in [0.2, 0.25) is 20.0 Å². The molecule has 0 radical (unpaired) electrons. The molecular formula is C12H13Cl2N3O6S2. The van der Waals surface area contributed by atoms with Gasteiger partial charge in [0.05, 0.1) is 33.9 Å². The molecule has 0 bridgehead atoms. The third kappa shape index (κ3) is 3.68. The highest BCUT2D eigenvalue weighted by Crippen LogP contribution is 2.39. The number of likely N-dealkylation sites (N-methyl/N-ethyl adjacent to an activating group) is 1. The molecule has 138 valence electrons. The molecule has 1 aliphatic heterocycles. The summed E-state index contributed by atoms with van der Waals surface area (Å²) < 4.78 is 47.8. The van der Waals surface area contributed by atoms with E-state index in [2.05, 4.69) is 0 Å². The van der Waals surface area contributed by atoms with Crippen LogP contribution in [0, 0.1) is 0 Å². The van der Waals surface area contributed by atoms with Crippen LogP contribution in [0.15, 0.2) is 12.1 Å². The van der Waals surface area contributed by atoms with Gasteiger partial charge >= 0.3 is 6.03 Å². The predicted octanol–water partition coefficient (Wildman–Crippen LogP) is 1.12. The maximum Gasteiger partial charge on any atom is 0.331 e. The first-order valence-corrected chi connectivity index (χ1v) is 11.0. The Hall–Kier alpha value is -1.56. The number of amides is 3. The highest BCUT2D eigenvalue weighted by atomic mass is 35.5. The molecule has 1 aromatic carbocycles. The van der Waals surface area contributed by atoms with Gasteiger partial charge in [0, 0.05) is 7.05 Å². The number of carbonyl (C=O) groups excluding carboxylic acids is 2. The summed E-state index contributed by atoms with van der Waals surface area (Å²) in [6.45, 7) is -0.199. The van der Waals surface area contributed by atoms with Crippen molar-refractivity contribution >= 4 is 66.6 Å². The Labute approximate surface area is 154 Å². The van der Waals surface area contributed by atoms with Crippen molar-refractivity contribution in [3.63, 3.8) is 0 Å². The van der Waals surface area contributed by atoms with Gasteiger partial charge in [-0.1, -0.05) is 23.2 Å². The third-order valence-electron chi connectivity index (χ3n) is 3.20. The smallest absolute Gasteiger partial charge is 0.318 e. The molecule has 0 atom stereocenters. The fourth-order valence-corrected chi connectivity index (χ4v) is 5.93. The van der Waals surface area contributed by atoms with Crippen LogP contribution in [0.5, 0.6) is 0 Å². The van der Waals surface area contributed by atoms with Crippen LogP contribution < -0.4 is 8.61 Å². The first-order valence-electron chi connectivity index (χ1n) is 6.52. The van der Waals surface area contributed by atoms with E-state index >= 15 is 0 Å². The van der Waals surface area contributed by atoms with E-state index in [1.165, 1.54) is 7.05 Å². The molecule has 2 rings (SSSR count). The van der Waals surface area contributed by atoms with Crippen molar-refractivity contribution in [2.75, 3.05) is 34.7 Å². The van der Waals surface area contributed by atoms with E-state index in [1.54, 1.807) is 0 Å². The van der Waals surface area contributed by atoms with Crippen LogP contribution in [0.4, 0.5) is 16.2 Å². The molecule has 0 spiro atoms. The second-order valence-corrected chi connectivity index (χ2v) is 10.1. The summed E-state index contributed by atoms with van der Waals surface area (Å²) in [4.78, 5) is 26.0. The minimum Gasteiger partial charge on any atom is -0.318 e. The number of halogens is 2. The Kier molecular flexibility index (Phi) is 4.99. The molecule has 1 fully saturated rings. The summed E-state index contributed by atoms with van der Waals surface area (Å²) in [7, 11) is -7.15. The summed E-state index contributed by atoms with van der Waals surface area (Å²) in [5, 5.41) is -0.398. The lowest BCUT2D eigenvalue weighted by atomic mass is 10.2. The van der Waals surface area contributed by atoms with Gasteiger partial charge in [-0.25, -0.2) is 26.5 Å². The van der Waals surface area contributed by atoms with Crippen LogP contribution in [0.25, 0.3) is 0 Å². The number of urea groups is 1. The molecule has 1 saturated heterocycles. The Morgan fingerprint density at radius 2 is 1.52 bits per heavy atom. The Balaban J connectivity index is 2.75. The topological polar surface area (TPSA) is 112 Å². The van der Waals surface area contributed by atoms with Crippen molar-refractivity contribution in [2.24, 2.45) is 0 Å². The largest absolute Gasteiger partial charge is 0.331 e. The van der Waals surface area contributed by atoms with Crippen molar-refractivity contribution < 1.29 is 26.4 Å². The number of anilines is 2. The van der Waals surface area contributed by atoms with Gasteiger partial charge in [0.25, 0.3) is 5.91 Å². The molecule has 0 unspecified atom stereocenters. The molecule has 1 aromatic rings. The number of nitrogens with zero attached hydrogens (tertiary/aromatic N) is 3. The van der Waals surface area contributed by atoms with Crippen LogP contribution in [-0.2, 0) is 24.8 Å². The molecule has 3 amide bonds. The van der Waals surface area contributed by atoms with Crippen LogP contribution >= 0.6 is 23.2 Å². The first-order chi connectivity index (χ1) is 11.2. The lowest BCUT2D eigenvalue weighted by Crippen LogP contribution is -2.36. The van der Waals surface area contributed by atoms with Crippen molar-refractivity contribution in [2.45, 2.75) is 0 Å². The van der Waals surface area contributed by atoms with Crippen LogP contribution in [0.3, 0.4) is 0 Å². The maximum atomic E-state index is 12.1. The van der Waals surface area contributed by atoms with Crippen molar-refractivity contribution in [3.8, 4) is 0 Å². The molecule has 1 heterocycles. The van der Waals surface area contributed by atoms with Gasteiger partial charge in [-0.3, -0.25) is 4.79 Å². The van der Waals surface area contributed by atoms with Crippen molar-refractivity contribution in [1.29, 1.82) is 0 Å². The highest BCUT2D eigenvalue weighted by molar-refractivity contribution is 8.09. The quantitative estimate of drug-likeness (QED) is 0.662. The number of hydrogen-bond acceptors (Lipinski definition) is 6. The van der Waals surface area contributed by atoms with E-state index in [-0.39, 0.29) is 26.0 Å². The fraction of sp³-hybridized carbons (Fsp3) is 0.333. The number of sulfonamides is 2. The average molecular weight is 430 g/mol. The minimum absolute atomic E-state index is 0.108. The van der Waals surface area contributed by atoms with Gasteiger partial charge in [-0.05, 0) is 12.1 Å². The molecule has 1 aliphatic rings. The maximum absolute atomic E-state index is 12.1. The molecular weight excluding hydrogens is 417 g/mol. The second kappa shape index (κ2) is 6.31. The fourth-order valence-electron chi connectivity index (χ4n) is 2.30. The Bertz CT molecular complexity index is 945. The second-order valence-electron chi connectivity index (χ2n) is 5.35. The Morgan fingerprint density at radius 3 is 1.92 bits per heavy atom. The number of imide groups is 1. The molecule has 0 aromatic heterocycles. The molecule has 0 N–H and O–H groups in total. The predicted molar refractivity (Wildman–Crippen MR) is 94.1 cm³/mol. The molecule has 13 heteroatoms. The van der Waals surface area contributed by atoms with Gasteiger partial charge < -0.3 is 4.90 Å². The van der Waals surface area contributed by atoms with Gasteiger partial charge in [-0.15, -0.1) is 0 Å². The van der Waals surface area contributed by atoms with E-state index in [0.29, 0.717) is 12.5 Å². The summed E-state index contributed by atoms with van der Waals surface area (Å²) >= 11 is 12.0. The van der Waals surface area contributed by atoms with Crippen LogP contribution in [0.1, 0.15) is 0 Å². The molecule has 25 heavy (non-hydrogen) atoms. The number of benzene rings is 1. The van der Waals surface area contributed by atoms with E-state index in [9.17, 15) is 26.4 Å². The standard InChI is InChI=1S/C12H13Cl2N3O6S2/c1-15-6-11(18)16(12(15)19)9-5-10(8(14)4-7(9)13)17(24(2,20)21)25(3,22)23/h4-5H,6H2,1-3H3. The normalized spacial score (nSPS) is 15.9. The molecule has 0 saturated carbocycles. The van der Waals surface area contributed by atoms with Gasteiger partial charge in [0.15, 0.2) is 0 Å². The Morgan fingerprint density at radius 1 is 1.00 bits per heavy atom. The molecule has 0 aliphatic carbocycles. The average Bonchev–Trinajstić information content (AvgIpc) is 2.64. The van der Waals surface area contributed by atoms with Crippen molar-refractivity contribution in [3.05, 3.63) is 22.2 Å². The number of hydrogen-bond donors (Lipinski definition) is 0. The minimum atomic E-state index is -4.27. The van der Waals surface area contributed by atoms with E-state index in [1.807, 2.05) is 0 Å². The zero-order chi connectivity index (χ0) is 19.3. The number of carbonyl (C=O) groups is 2. The van der Waals surface area contributed by atoms with E-state index < -0.39 is 37.7 Å². The van der Waals surface area contributed by atoms with Crippen LogP contribution in [-0.4, -0.2) is 59.8 Å². The third-order valence-corrected chi connectivity index (χ3v) is 7.02. The number of rotatable bonds is 4. The van der Waals surface area contributed by atoms with E-state index in [0.717, 1.165) is 21.9 Å². The zero-order valence-electron chi connectivity index (χ0n) is 13.2. The summed E-state index contributed by atoms with van der Waals surface area (Å²) in [5.41, 5.74) is -0.612. The van der Waals surface area contributed by atoms with Crippen molar-refractivity contribution in [1.82, 2.24) is 4.90 Å². The van der Waals surface area contributed by atoms with Gasteiger partial charge in [-0.2, -0.15) is 3.71 Å². The highest BCUT2D eigenvalue weighted by Gasteiger charge is 2.38. The monoisotopic (exact) mass is 429 g/mol. The summed E-state index contributed by atoms with van der Waals surface area (Å²) in [6, 6.07) is 1.35. The van der Waals surface area contributed by atoms with E-state index in [4.69, 9.17) is 23.2 Å². The van der Waals surface area contributed by atoms with Gasteiger partial charge in [0.1, 0.15) is 6.54 Å². The SMILES string of the molecule is CN1CC(=O)N(c2cc(N(S(C)(=O)=O)S(C)(=O)=O)c(Cl)cc2Cl)C1=O.